The molecule has 0 aliphatic carbocycles. The lowest BCUT2D eigenvalue weighted by Gasteiger charge is -2.06. The molecule has 0 saturated carbocycles. The zero-order valence-corrected chi connectivity index (χ0v) is 11.8. The molecule has 0 fully saturated rings. The summed E-state index contributed by atoms with van der Waals surface area (Å²) in [5, 5.41) is 0. The molecule has 0 saturated heterocycles. The second-order valence-corrected chi connectivity index (χ2v) is 4.96. The first kappa shape index (κ1) is 12.5. The summed E-state index contributed by atoms with van der Waals surface area (Å²) < 4.78 is 7.14. The number of nitrogens with zero attached hydrogens (tertiary/aromatic N) is 2. The normalized spacial score (nSPS) is 10.9. The minimum atomic E-state index is 0.660. The van der Waals surface area contributed by atoms with E-state index in [0.29, 0.717) is 5.82 Å². The molecule has 3 rings (SSSR count). The zero-order chi connectivity index (χ0) is 14.3. The maximum Gasteiger partial charge on any atom is 0.139 e. The molecule has 1 aromatic carbocycles. The summed E-state index contributed by atoms with van der Waals surface area (Å²) in [5.74, 6) is 1.50. The largest absolute Gasteiger partial charge is 0.497 e. The van der Waals surface area contributed by atoms with Crippen molar-refractivity contribution in [3.05, 3.63) is 47.7 Å². The van der Waals surface area contributed by atoms with Crippen molar-refractivity contribution in [2.24, 2.45) is 0 Å². The number of fused-ring (bicyclic) bond motifs is 1. The Hall–Kier alpha value is -2.49. The van der Waals surface area contributed by atoms with Crippen LogP contribution >= 0.6 is 0 Å². The van der Waals surface area contributed by atoms with Gasteiger partial charge in [-0.1, -0.05) is 0 Å². The number of imidazole rings is 1. The average Bonchev–Trinajstić information content (AvgIpc) is 2.75. The van der Waals surface area contributed by atoms with E-state index in [2.05, 4.69) is 4.98 Å². The maximum absolute atomic E-state index is 6.23. The fraction of sp³-hybridized carbons (Fsp3) is 0.188. The number of nitrogen functional groups attached to an aromatic ring is 1. The van der Waals surface area contributed by atoms with E-state index in [1.165, 1.54) is 5.56 Å². The monoisotopic (exact) mass is 267 g/mol. The molecule has 0 bridgehead atoms. The van der Waals surface area contributed by atoms with Crippen molar-refractivity contribution in [1.29, 1.82) is 0 Å². The van der Waals surface area contributed by atoms with E-state index in [-0.39, 0.29) is 0 Å². The topological polar surface area (TPSA) is 52.5 Å². The van der Waals surface area contributed by atoms with Crippen molar-refractivity contribution in [3.63, 3.8) is 0 Å². The molecule has 102 valence electrons. The van der Waals surface area contributed by atoms with Gasteiger partial charge in [0.05, 0.1) is 7.11 Å². The third-order valence-corrected chi connectivity index (χ3v) is 3.51. The Labute approximate surface area is 117 Å². The minimum absolute atomic E-state index is 0.660. The summed E-state index contributed by atoms with van der Waals surface area (Å²) >= 11 is 0. The quantitative estimate of drug-likeness (QED) is 0.775. The van der Waals surface area contributed by atoms with E-state index < -0.39 is 0 Å². The highest BCUT2D eigenvalue weighted by Crippen LogP contribution is 2.31. The van der Waals surface area contributed by atoms with Crippen LogP contribution < -0.4 is 10.5 Å². The van der Waals surface area contributed by atoms with Crippen LogP contribution in [0, 0.1) is 13.8 Å². The molecule has 0 atom stereocenters. The number of hydrogen-bond acceptors (Lipinski definition) is 3. The van der Waals surface area contributed by atoms with Gasteiger partial charge in [0.25, 0.3) is 0 Å². The van der Waals surface area contributed by atoms with Gasteiger partial charge < -0.3 is 10.5 Å². The number of pyridine rings is 1. The Kier molecular flexibility index (Phi) is 2.86. The van der Waals surface area contributed by atoms with Gasteiger partial charge in [0.2, 0.25) is 0 Å². The highest BCUT2D eigenvalue weighted by Gasteiger charge is 2.13. The van der Waals surface area contributed by atoms with Crippen LogP contribution in [0.25, 0.3) is 16.9 Å². The molecule has 0 aliphatic heterocycles. The molecule has 20 heavy (non-hydrogen) atoms. The van der Waals surface area contributed by atoms with E-state index in [1.54, 1.807) is 7.11 Å². The Balaban J connectivity index is 2.21. The van der Waals surface area contributed by atoms with Crippen molar-refractivity contribution >= 4 is 11.5 Å². The van der Waals surface area contributed by atoms with Crippen molar-refractivity contribution in [2.45, 2.75) is 13.8 Å². The van der Waals surface area contributed by atoms with Gasteiger partial charge in [-0.25, -0.2) is 4.98 Å². The fourth-order valence-electron chi connectivity index (χ4n) is 2.39. The summed E-state index contributed by atoms with van der Waals surface area (Å²) in [6.07, 6.45) is 1.95. The number of nitrogens with two attached hydrogens (primary N) is 1. The summed E-state index contributed by atoms with van der Waals surface area (Å²) in [6, 6.07) is 9.97. The first-order valence-corrected chi connectivity index (χ1v) is 6.49. The second-order valence-electron chi connectivity index (χ2n) is 4.96. The number of aromatic nitrogens is 2. The lowest BCUT2D eigenvalue weighted by molar-refractivity contribution is 0.414. The number of ether oxygens (including phenoxy) is 1. The standard InChI is InChI=1S/C16H17N3O/c1-10-6-7-19-14(8-10)18-15(16(19)17)13-5-4-12(20-3)9-11(13)2/h4-9H,17H2,1-3H3. The highest BCUT2D eigenvalue weighted by atomic mass is 16.5. The van der Waals surface area contributed by atoms with Crippen molar-refractivity contribution in [1.82, 2.24) is 9.38 Å². The van der Waals surface area contributed by atoms with Gasteiger partial charge in [0.15, 0.2) is 0 Å². The number of benzene rings is 1. The summed E-state index contributed by atoms with van der Waals surface area (Å²) in [5.41, 5.74) is 11.2. The van der Waals surface area contributed by atoms with Gasteiger partial charge in [-0.3, -0.25) is 4.40 Å². The smallest absolute Gasteiger partial charge is 0.139 e. The molecule has 0 radical (unpaired) electrons. The van der Waals surface area contributed by atoms with Crippen LogP contribution in [0.4, 0.5) is 5.82 Å². The molecule has 0 spiro atoms. The molecule has 3 aromatic rings. The molecule has 2 N–H and O–H groups in total. The Morgan fingerprint density at radius 3 is 2.65 bits per heavy atom. The third-order valence-electron chi connectivity index (χ3n) is 3.51. The molecule has 0 aliphatic rings. The molecule has 2 heterocycles. The second kappa shape index (κ2) is 4.56. The van der Waals surface area contributed by atoms with Gasteiger partial charge >= 0.3 is 0 Å². The van der Waals surface area contributed by atoms with E-state index >= 15 is 0 Å². The van der Waals surface area contributed by atoms with Crippen LogP contribution in [-0.2, 0) is 0 Å². The molecule has 4 nitrogen and oxygen atoms in total. The highest BCUT2D eigenvalue weighted by molar-refractivity contribution is 5.77. The number of hydrogen-bond donors (Lipinski definition) is 1. The zero-order valence-electron chi connectivity index (χ0n) is 11.8. The third kappa shape index (κ3) is 1.90. The lowest BCUT2D eigenvalue weighted by Crippen LogP contribution is -1.95. The van der Waals surface area contributed by atoms with Crippen LogP contribution in [0.5, 0.6) is 5.75 Å². The molecular formula is C16H17N3O. The fourth-order valence-corrected chi connectivity index (χ4v) is 2.39. The van der Waals surface area contributed by atoms with Crippen molar-refractivity contribution < 1.29 is 4.74 Å². The van der Waals surface area contributed by atoms with E-state index in [1.807, 2.05) is 54.8 Å². The van der Waals surface area contributed by atoms with Crippen molar-refractivity contribution in [2.75, 3.05) is 12.8 Å². The number of rotatable bonds is 2. The average molecular weight is 267 g/mol. The summed E-state index contributed by atoms with van der Waals surface area (Å²) in [4.78, 5) is 4.66. The molecule has 2 aromatic heterocycles. The van der Waals surface area contributed by atoms with Gasteiger partial charge in [-0.15, -0.1) is 0 Å². The summed E-state index contributed by atoms with van der Waals surface area (Å²) in [7, 11) is 1.66. The van der Waals surface area contributed by atoms with Gasteiger partial charge in [-0.2, -0.15) is 0 Å². The van der Waals surface area contributed by atoms with Gasteiger partial charge in [0, 0.05) is 11.8 Å². The molecular weight excluding hydrogens is 250 g/mol. The first-order valence-electron chi connectivity index (χ1n) is 6.49. The number of methoxy groups -OCH3 is 1. The SMILES string of the molecule is COc1ccc(-c2nc3cc(C)ccn3c2N)c(C)c1. The van der Waals surface area contributed by atoms with Crippen LogP contribution in [0.2, 0.25) is 0 Å². The van der Waals surface area contributed by atoms with Gasteiger partial charge in [0.1, 0.15) is 22.9 Å². The predicted octanol–water partition coefficient (Wildman–Crippen LogP) is 3.21. The van der Waals surface area contributed by atoms with Crippen LogP contribution in [-0.4, -0.2) is 16.5 Å². The Bertz CT molecular complexity index is 790. The summed E-state index contributed by atoms with van der Waals surface area (Å²) in [6.45, 7) is 4.08. The Morgan fingerprint density at radius 2 is 1.95 bits per heavy atom. The molecule has 4 heteroatoms. The number of aryl methyl sites for hydroxylation is 2. The predicted molar refractivity (Wildman–Crippen MR) is 81.1 cm³/mol. The first-order chi connectivity index (χ1) is 9.60. The molecule has 0 unspecified atom stereocenters. The van der Waals surface area contributed by atoms with Crippen LogP contribution in [0.3, 0.4) is 0 Å². The number of anilines is 1. The van der Waals surface area contributed by atoms with E-state index in [0.717, 1.165) is 28.2 Å². The van der Waals surface area contributed by atoms with Gasteiger partial charge in [-0.05, 0) is 55.3 Å². The van der Waals surface area contributed by atoms with Crippen LogP contribution in [0.15, 0.2) is 36.5 Å². The van der Waals surface area contributed by atoms with Crippen LogP contribution in [0.1, 0.15) is 11.1 Å². The Morgan fingerprint density at radius 1 is 1.15 bits per heavy atom. The van der Waals surface area contributed by atoms with E-state index in [9.17, 15) is 0 Å². The maximum atomic E-state index is 6.23. The van der Waals surface area contributed by atoms with E-state index in [4.69, 9.17) is 10.5 Å². The lowest BCUT2D eigenvalue weighted by atomic mass is 10.1. The van der Waals surface area contributed by atoms with Crippen molar-refractivity contribution in [3.8, 4) is 17.0 Å². The minimum Gasteiger partial charge on any atom is -0.497 e. The molecule has 0 amide bonds.